The molecule has 0 aromatic rings. The van der Waals surface area contributed by atoms with Gasteiger partial charge in [-0.2, -0.15) is 16.8 Å². The highest BCUT2D eigenvalue weighted by molar-refractivity contribution is 7.99. The summed E-state index contributed by atoms with van der Waals surface area (Å²) < 4.78 is 46.7. The van der Waals surface area contributed by atoms with Gasteiger partial charge in [0, 0.05) is 0 Å². The number of rotatable bonds is 6. The first-order valence-corrected chi connectivity index (χ1v) is 7.30. The average molecular weight is 230 g/mol. The fourth-order valence-electron chi connectivity index (χ4n) is 0.751. The summed E-state index contributed by atoms with van der Waals surface area (Å²) in [5.74, 6) is -0.242. The molecule has 0 heterocycles. The van der Waals surface area contributed by atoms with Gasteiger partial charge in [-0.3, -0.25) is 0 Å². The van der Waals surface area contributed by atoms with Gasteiger partial charge in [0.25, 0.3) is 20.2 Å². The zero-order valence-corrected chi connectivity index (χ0v) is 9.32. The third-order valence-electron chi connectivity index (χ3n) is 1.23. The summed E-state index contributed by atoms with van der Waals surface area (Å²) in [5.41, 5.74) is 0. The van der Waals surface area contributed by atoms with E-state index >= 15 is 0 Å². The van der Waals surface area contributed by atoms with Crippen LogP contribution in [0, 0.1) is 0 Å². The molecule has 0 aliphatic carbocycles. The van der Waals surface area contributed by atoms with Crippen molar-refractivity contribution < 1.29 is 20.5 Å². The first kappa shape index (κ1) is 12.9. The van der Waals surface area contributed by atoms with E-state index in [1.54, 1.807) is 0 Å². The summed E-state index contributed by atoms with van der Waals surface area (Å²) in [7, 11) is -7.81. The summed E-state index contributed by atoms with van der Waals surface area (Å²) in [6.07, 6.45) is 2.75. The van der Waals surface area contributed by atoms with E-state index in [0.29, 0.717) is 12.7 Å². The Labute approximate surface area is 79.3 Å². The molecule has 0 bridgehead atoms. The van der Waals surface area contributed by atoms with E-state index in [2.05, 4.69) is 3.63 Å². The second-order valence-electron chi connectivity index (χ2n) is 2.74. The Morgan fingerprint density at radius 1 is 1.08 bits per heavy atom. The molecule has 0 atom stereocenters. The molecule has 0 radical (unpaired) electrons. The molecule has 0 saturated heterocycles. The average Bonchev–Trinajstić information content (AvgIpc) is 1.81. The zero-order chi connectivity index (χ0) is 10.5. The van der Waals surface area contributed by atoms with Gasteiger partial charge in [-0.15, -0.1) is 3.63 Å². The van der Waals surface area contributed by atoms with E-state index in [1.807, 2.05) is 6.92 Å². The van der Waals surface area contributed by atoms with Gasteiger partial charge in [0.15, 0.2) is 0 Å². The van der Waals surface area contributed by atoms with Crippen LogP contribution < -0.4 is 0 Å². The van der Waals surface area contributed by atoms with Gasteiger partial charge in [0.1, 0.15) is 0 Å². The van der Waals surface area contributed by atoms with Crippen LogP contribution in [-0.2, 0) is 23.9 Å². The molecule has 0 unspecified atom stereocenters. The molecule has 0 saturated carbocycles. The summed E-state index contributed by atoms with van der Waals surface area (Å²) in [4.78, 5) is 0. The van der Waals surface area contributed by atoms with Gasteiger partial charge in [0.2, 0.25) is 0 Å². The molecule has 5 nitrogen and oxygen atoms in total. The van der Waals surface area contributed by atoms with E-state index in [4.69, 9.17) is 0 Å². The first-order chi connectivity index (χ1) is 5.77. The SMILES string of the molecule is CCCCCS(=O)(=O)OS(C)(=O)=O. The van der Waals surface area contributed by atoms with Gasteiger partial charge in [-0.25, -0.2) is 0 Å². The fourth-order valence-corrected chi connectivity index (χ4v) is 3.09. The van der Waals surface area contributed by atoms with Crippen LogP contribution >= 0.6 is 0 Å². The molecule has 0 rings (SSSR count). The zero-order valence-electron chi connectivity index (χ0n) is 7.69. The lowest BCUT2D eigenvalue weighted by atomic mass is 10.3. The summed E-state index contributed by atoms with van der Waals surface area (Å²) in [5, 5.41) is 0. The van der Waals surface area contributed by atoms with Crippen molar-refractivity contribution in [2.75, 3.05) is 12.0 Å². The third kappa shape index (κ3) is 8.20. The van der Waals surface area contributed by atoms with E-state index in [-0.39, 0.29) is 5.75 Å². The van der Waals surface area contributed by atoms with Crippen LogP contribution in [0.3, 0.4) is 0 Å². The monoisotopic (exact) mass is 230 g/mol. The van der Waals surface area contributed by atoms with Crippen LogP contribution in [0.2, 0.25) is 0 Å². The van der Waals surface area contributed by atoms with Crippen molar-refractivity contribution in [3.8, 4) is 0 Å². The Morgan fingerprint density at radius 2 is 1.62 bits per heavy atom. The molecule has 7 heteroatoms. The molecule has 13 heavy (non-hydrogen) atoms. The Hall–Kier alpha value is -0.140. The molecule has 0 fully saturated rings. The van der Waals surface area contributed by atoms with Crippen molar-refractivity contribution in [3.63, 3.8) is 0 Å². The molecular formula is C6H14O5S2. The van der Waals surface area contributed by atoms with Crippen LogP contribution in [-0.4, -0.2) is 28.8 Å². The van der Waals surface area contributed by atoms with Crippen molar-refractivity contribution in [1.82, 2.24) is 0 Å². The van der Waals surface area contributed by atoms with E-state index in [9.17, 15) is 16.8 Å². The van der Waals surface area contributed by atoms with Gasteiger partial charge in [-0.05, 0) is 6.42 Å². The van der Waals surface area contributed by atoms with Crippen LogP contribution in [0.25, 0.3) is 0 Å². The fraction of sp³-hybridized carbons (Fsp3) is 1.00. The number of hydrogen-bond donors (Lipinski definition) is 0. The largest absolute Gasteiger partial charge is 0.281 e. The van der Waals surface area contributed by atoms with Crippen molar-refractivity contribution in [1.29, 1.82) is 0 Å². The summed E-state index contributed by atoms with van der Waals surface area (Å²) in [6, 6.07) is 0. The molecule has 80 valence electrons. The minimum atomic E-state index is -3.91. The van der Waals surface area contributed by atoms with Crippen LogP contribution in [0.15, 0.2) is 0 Å². The van der Waals surface area contributed by atoms with E-state index < -0.39 is 20.2 Å². The predicted octanol–water partition coefficient (Wildman–Crippen LogP) is 0.483. The van der Waals surface area contributed by atoms with Crippen molar-refractivity contribution in [2.45, 2.75) is 26.2 Å². The highest BCUT2D eigenvalue weighted by Crippen LogP contribution is 2.04. The van der Waals surface area contributed by atoms with Gasteiger partial charge < -0.3 is 0 Å². The Morgan fingerprint density at radius 3 is 2.00 bits per heavy atom. The lowest BCUT2D eigenvalue weighted by Gasteiger charge is -2.01. The van der Waals surface area contributed by atoms with Crippen LogP contribution in [0.1, 0.15) is 26.2 Å². The smallest absolute Gasteiger partial charge is 0.199 e. The van der Waals surface area contributed by atoms with Gasteiger partial charge in [0.05, 0.1) is 12.0 Å². The molecule has 0 N–H and O–H groups in total. The van der Waals surface area contributed by atoms with Crippen LogP contribution in [0.4, 0.5) is 0 Å². The minimum Gasteiger partial charge on any atom is -0.199 e. The number of hydrogen-bond acceptors (Lipinski definition) is 5. The Kier molecular flexibility index (Phi) is 4.87. The summed E-state index contributed by atoms with van der Waals surface area (Å²) >= 11 is 0. The van der Waals surface area contributed by atoms with Crippen molar-refractivity contribution >= 4 is 20.2 Å². The maximum Gasteiger partial charge on any atom is 0.281 e. The minimum absolute atomic E-state index is 0.242. The molecule has 0 amide bonds. The van der Waals surface area contributed by atoms with Crippen molar-refractivity contribution in [3.05, 3.63) is 0 Å². The van der Waals surface area contributed by atoms with Gasteiger partial charge >= 0.3 is 0 Å². The molecular weight excluding hydrogens is 216 g/mol. The summed E-state index contributed by atoms with van der Waals surface area (Å²) in [6.45, 7) is 1.92. The standard InChI is InChI=1S/C6H14O5S2/c1-3-4-5-6-13(9,10)11-12(2,7)8/h3-6H2,1-2H3. The van der Waals surface area contributed by atoms with Gasteiger partial charge in [-0.1, -0.05) is 19.8 Å². The molecule has 0 aromatic carbocycles. The first-order valence-electron chi connectivity index (χ1n) is 3.90. The lowest BCUT2D eigenvalue weighted by Crippen LogP contribution is -2.15. The quantitative estimate of drug-likeness (QED) is 0.620. The predicted molar refractivity (Wildman–Crippen MR) is 49.2 cm³/mol. The Bertz CT molecular complexity index is 326. The molecule has 0 aliphatic rings. The van der Waals surface area contributed by atoms with E-state index in [1.165, 1.54) is 0 Å². The highest BCUT2D eigenvalue weighted by Gasteiger charge is 2.17. The molecule has 0 spiro atoms. The van der Waals surface area contributed by atoms with Crippen LogP contribution in [0.5, 0.6) is 0 Å². The maximum absolute atomic E-state index is 10.9. The van der Waals surface area contributed by atoms with Crippen molar-refractivity contribution in [2.24, 2.45) is 0 Å². The number of unbranched alkanes of at least 4 members (excludes halogenated alkanes) is 2. The lowest BCUT2D eigenvalue weighted by molar-refractivity contribution is 0.464. The normalized spacial score (nSPS) is 13.1. The highest BCUT2D eigenvalue weighted by atomic mass is 32.3. The second kappa shape index (κ2) is 4.92. The topological polar surface area (TPSA) is 77.5 Å². The molecule has 0 aromatic heterocycles. The third-order valence-corrected chi connectivity index (χ3v) is 3.83. The second-order valence-corrected chi connectivity index (χ2v) is 6.22. The van der Waals surface area contributed by atoms with E-state index in [0.717, 1.165) is 12.8 Å². The molecule has 0 aliphatic heterocycles. The maximum atomic E-state index is 10.9. The Balaban J connectivity index is 4.12.